The molecule has 2 aliphatic rings. The Morgan fingerprint density at radius 1 is 1.05 bits per heavy atom. The van der Waals surface area contributed by atoms with Crippen LogP contribution in [0.5, 0.6) is 0 Å². The number of Topliss-reactive ketones (excluding diaryl/α,β-unsaturated/α-hetero) is 1. The molecule has 2 aliphatic heterocycles. The number of ether oxygens (including phenoxy) is 1. The highest BCUT2D eigenvalue weighted by molar-refractivity contribution is 7.89. The molecule has 2 fully saturated rings. The van der Waals surface area contributed by atoms with E-state index in [4.69, 9.17) is 22.1 Å². The molecule has 44 heavy (non-hydrogen) atoms. The lowest BCUT2D eigenvalue weighted by molar-refractivity contribution is -0.120. The van der Waals surface area contributed by atoms with E-state index in [1.807, 2.05) is 31.2 Å². The van der Waals surface area contributed by atoms with Crippen LogP contribution in [-0.2, 0) is 32.4 Å². The number of nitrogens with zero attached hydrogens (tertiary/aromatic N) is 1. The maximum Gasteiger partial charge on any atom is 0.243 e. The van der Waals surface area contributed by atoms with Crippen molar-refractivity contribution in [3.63, 3.8) is 0 Å². The Labute approximate surface area is 265 Å². The average Bonchev–Trinajstić information content (AvgIpc) is 3.02. The lowest BCUT2D eigenvalue weighted by Gasteiger charge is -2.40. The minimum absolute atomic E-state index is 0.00703. The van der Waals surface area contributed by atoms with Gasteiger partial charge in [0.15, 0.2) is 5.78 Å². The second-order valence-corrected chi connectivity index (χ2v) is 14.2. The van der Waals surface area contributed by atoms with Gasteiger partial charge in [0.2, 0.25) is 10.0 Å². The highest BCUT2D eigenvalue weighted by atomic mass is 35.5. The van der Waals surface area contributed by atoms with Crippen LogP contribution in [0.25, 0.3) is 0 Å². The van der Waals surface area contributed by atoms with Gasteiger partial charge in [-0.2, -0.15) is 4.31 Å². The fourth-order valence-electron chi connectivity index (χ4n) is 6.77. The van der Waals surface area contributed by atoms with Gasteiger partial charge in [-0.3, -0.25) is 4.79 Å². The van der Waals surface area contributed by atoms with Crippen molar-refractivity contribution in [3.05, 3.63) is 100 Å². The molecule has 3 aromatic rings. The molecule has 0 saturated carbocycles. The molecular formula is C34H41ClFN3O4S. The van der Waals surface area contributed by atoms with Crippen molar-refractivity contribution in [1.82, 2.24) is 9.62 Å². The Balaban J connectivity index is 1.35. The minimum atomic E-state index is -3.75. The third kappa shape index (κ3) is 7.41. The monoisotopic (exact) mass is 641 g/mol. The molecule has 0 aromatic heterocycles. The second-order valence-electron chi connectivity index (χ2n) is 11.9. The fraction of sp³-hybridized carbons (Fsp3) is 0.441. The van der Waals surface area contributed by atoms with E-state index in [9.17, 15) is 13.2 Å². The molecule has 0 spiro atoms. The summed E-state index contributed by atoms with van der Waals surface area (Å²) in [7, 11) is -3.75. The van der Waals surface area contributed by atoms with Crippen LogP contribution in [0.2, 0.25) is 5.02 Å². The summed E-state index contributed by atoms with van der Waals surface area (Å²) < 4.78 is 49.8. The van der Waals surface area contributed by atoms with Gasteiger partial charge in [-0.1, -0.05) is 54.1 Å². The van der Waals surface area contributed by atoms with Crippen LogP contribution < -0.4 is 11.1 Å². The van der Waals surface area contributed by atoms with Gasteiger partial charge in [0.05, 0.1) is 10.9 Å². The highest BCUT2D eigenvalue weighted by Crippen LogP contribution is 2.36. The van der Waals surface area contributed by atoms with Gasteiger partial charge in [0, 0.05) is 55.7 Å². The van der Waals surface area contributed by atoms with Gasteiger partial charge < -0.3 is 15.8 Å². The molecular weight excluding hydrogens is 601 g/mol. The number of rotatable bonds is 11. The molecule has 0 unspecified atom stereocenters. The van der Waals surface area contributed by atoms with Crippen molar-refractivity contribution in [3.8, 4) is 0 Å². The number of carbonyl (C=O) groups excluding carboxylic acids is 1. The summed E-state index contributed by atoms with van der Waals surface area (Å²) in [5.41, 5.74) is 8.70. The highest BCUT2D eigenvalue weighted by Gasteiger charge is 2.38. The van der Waals surface area contributed by atoms with Crippen molar-refractivity contribution in [2.45, 2.75) is 68.0 Å². The van der Waals surface area contributed by atoms with Crippen molar-refractivity contribution in [2.24, 2.45) is 11.7 Å². The molecule has 2 saturated heterocycles. The first-order valence-electron chi connectivity index (χ1n) is 15.3. The van der Waals surface area contributed by atoms with Gasteiger partial charge in [-0.25, -0.2) is 12.8 Å². The standard InChI is InChI=1S/C34H41ClFN3O4S/c1-23-21-38-22-28(39(23)44(41,42)29-7-3-2-4-8-29)14-15-30-26(6-5-9-31(30)36)20-32(40)34(37)33(25-16-18-43-19-17-25)24-10-12-27(35)13-11-24/h2-13,23,25,28,33-34,38H,14-22,37H2,1H3/t23-,28-,33-,34+/m0/s1. The molecule has 10 heteroatoms. The summed E-state index contributed by atoms with van der Waals surface area (Å²) in [5.74, 6) is -0.609. The van der Waals surface area contributed by atoms with E-state index in [0.29, 0.717) is 48.9 Å². The fourth-order valence-corrected chi connectivity index (χ4v) is 8.76. The molecule has 7 nitrogen and oxygen atoms in total. The van der Waals surface area contributed by atoms with Crippen LogP contribution in [0.1, 0.15) is 48.8 Å². The van der Waals surface area contributed by atoms with Gasteiger partial charge in [0.1, 0.15) is 5.82 Å². The largest absolute Gasteiger partial charge is 0.381 e. The number of benzene rings is 3. The van der Waals surface area contributed by atoms with E-state index < -0.39 is 21.9 Å². The predicted octanol–water partition coefficient (Wildman–Crippen LogP) is 5.11. The van der Waals surface area contributed by atoms with Crippen molar-refractivity contribution in [2.75, 3.05) is 26.3 Å². The van der Waals surface area contributed by atoms with Crippen LogP contribution >= 0.6 is 11.6 Å². The van der Waals surface area contributed by atoms with Crippen molar-refractivity contribution >= 4 is 27.4 Å². The van der Waals surface area contributed by atoms with Crippen LogP contribution in [0, 0.1) is 11.7 Å². The van der Waals surface area contributed by atoms with Crippen LogP contribution in [0.15, 0.2) is 77.7 Å². The van der Waals surface area contributed by atoms with Gasteiger partial charge in [-0.15, -0.1) is 0 Å². The lowest BCUT2D eigenvalue weighted by atomic mass is 9.75. The lowest BCUT2D eigenvalue weighted by Crippen LogP contribution is -2.58. The number of piperazine rings is 1. The quantitative estimate of drug-likeness (QED) is 0.302. The van der Waals surface area contributed by atoms with Crippen molar-refractivity contribution < 1.29 is 22.3 Å². The second kappa shape index (κ2) is 14.6. The summed E-state index contributed by atoms with van der Waals surface area (Å²) in [5, 5.41) is 3.94. The first kappa shape index (κ1) is 32.7. The summed E-state index contributed by atoms with van der Waals surface area (Å²) in [4.78, 5) is 14.0. The number of hydrogen-bond donors (Lipinski definition) is 2. The van der Waals surface area contributed by atoms with Crippen molar-refractivity contribution in [1.29, 1.82) is 0 Å². The van der Waals surface area contributed by atoms with Crippen LogP contribution in [0.3, 0.4) is 0 Å². The topological polar surface area (TPSA) is 102 Å². The van der Waals surface area contributed by atoms with Crippen LogP contribution in [0.4, 0.5) is 4.39 Å². The first-order valence-corrected chi connectivity index (χ1v) is 17.2. The normalized spacial score (nSPS) is 21.5. The van der Waals surface area contributed by atoms with E-state index in [0.717, 1.165) is 18.4 Å². The number of sulfonamides is 1. The number of halogens is 2. The summed E-state index contributed by atoms with van der Waals surface area (Å²) in [6.45, 7) is 4.11. The summed E-state index contributed by atoms with van der Waals surface area (Å²) >= 11 is 6.15. The number of nitrogens with two attached hydrogens (primary N) is 1. The van der Waals surface area contributed by atoms with Gasteiger partial charge >= 0.3 is 0 Å². The molecule has 236 valence electrons. The Morgan fingerprint density at radius 2 is 1.75 bits per heavy atom. The Bertz CT molecular complexity index is 1520. The molecule has 2 heterocycles. The molecule has 0 bridgehead atoms. The third-order valence-corrected chi connectivity index (χ3v) is 11.4. The van der Waals surface area contributed by atoms with E-state index >= 15 is 4.39 Å². The molecule has 4 atom stereocenters. The number of hydrogen-bond acceptors (Lipinski definition) is 6. The van der Waals surface area contributed by atoms with E-state index in [2.05, 4.69) is 5.32 Å². The number of carbonyl (C=O) groups is 1. The maximum atomic E-state index is 15.4. The molecule has 5 rings (SSSR count). The predicted molar refractivity (Wildman–Crippen MR) is 171 cm³/mol. The smallest absolute Gasteiger partial charge is 0.243 e. The SMILES string of the molecule is C[C@H]1CNC[C@H](CCc2c(F)cccc2CC(=O)[C@@H](N)[C@@H](c2ccc(Cl)cc2)C2CCOCC2)N1S(=O)(=O)c1ccccc1. The summed E-state index contributed by atoms with van der Waals surface area (Å²) in [6, 6.07) is 19.2. The molecule has 3 aromatic carbocycles. The Kier molecular flexibility index (Phi) is 10.9. The molecule has 3 N–H and O–H groups in total. The van der Waals surface area contributed by atoms with Crippen LogP contribution in [-0.4, -0.2) is 62.9 Å². The third-order valence-electron chi connectivity index (χ3n) is 9.03. The molecule has 0 amide bonds. The van der Waals surface area contributed by atoms with E-state index in [1.54, 1.807) is 46.8 Å². The van der Waals surface area contributed by atoms with Gasteiger partial charge in [0.25, 0.3) is 0 Å². The Hall–Kier alpha value is -2.66. The molecule has 0 radical (unpaired) electrons. The number of ketones is 1. The first-order chi connectivity index (χ1) is 21.2. The number of nitrogens with one attached hydrogen (secondary N) is 1. The zero-order valence-electron chi connectivity index (χ0n) is 25.0. The summed E-state index contributed by atoms with van der Waals surface area (Å²) in [6.07, 6.45) is 2.27. The van der Waals surface area contributed by atoms with E-state index in [1.165, 1.54) is 6.07 Å². The minimum Gasteiger partial charge on any atom is -0.381 e. The molecule has 0 aliphatic carbocycles. The van der Waals surface area contributed by atoms with E-state index in [-0.39, 0.29) is 47.4 Å². The average molecular weight is 642 g/mol. The zero-order chi connectivity index (χ0) is 31.3. The maximum absolute atomic E-state index is 15.4. The zero-order valence-corrected chi connectivity index (χ0v) is 26.6. The van der Waals surface area contributed by atoms with Gasteiger partial charge in [-0.05, 0) is 85.5 Å². The Morgan fingerprint density at radius 3 is 2.45 bits per heavy atom.